The number of benzene rings is 1. The van der Waals surface area contributed by atoms with Gasteiger partial charge in [-0.25, -0.2) is 4.79 Å². The van der Waals surface area contributed by atoms with Gasteiger partial charge in [-0.15, -0.1) is 0 Å². The first-order chi connectivity index (χ1) is 7.58. The Kier molecular flexibility index (Phi) is 3.76. The lowest BCUT2D eigenvalue weighted by molar-refractivity contribution is -0.216. The predicted octanol–water partition coefficient (Wildman–Crippen LogP) is 0.786. The quantitative estimate of drug-likeness (QED) is 0.591. The van der Waals surface area contributed by atoms with Crippen LogP contribution in [0.4, 0.5) is 0 Å². The van der Waals surface area contributed by atoms with Crippen molar-refractivity contribution in [3.8, 4) is 0 Å². The molecule has 0 aromatic heterocycles. The van der Waals surface area contributed by atoms with E-state index in [9.17, 15) is 9.59 Å². The van der Waals surface area contributed by atoms with Crippen molar-refractivity contribution in [2.75, 3.05) is 14.2 Å². The molecule has 1 N–H and O–H groups in total. The summed E-state index contributed by atoms with van der Waals surface area (Å²) in [6.07, 6.45) is 0. The molecule has 0 fully saturated rings. The van der Waals surface area contributed by atoms with Gasteiger partial charge in [-0.05, 0) is 0 Å². The zero-order chi connectivity index (χ0) is 12.2. The van der Waals surface area contributed by atoms with E-state index in [2.05, 4.69) is 0 Å². The number of carboxylic acids is 1. The molecule has 0 heterocycles. The molecule has 5 nitrogen and oxygen atoms in total. The molecule has 0 aliphatic carbocycles. The average molecular weight is 224 g/mol. The summed E-state index contributed by atoms with van der Waals surface area (Å²) in [5.74, 6) is -4.65. The molecule has 0 amide bonds. The number of carbonyl (C=O) groups excluding carboxylic acids is 1. The van der Waals surface area contributed by atoms with Gasteiger partial charge in [0.05, 0.1) is 0 Å². The van der Waals surface area contributed by atoms with Crippen molar-refractivity contribution in [1.29, 1.82) is 0 Å². The number of carboxylic acid groups (broad SMARTS) is 1. The molecule has 0 aliphatic rings. The van der Waals surface area contributed by atoms with E-state index in [4.69, 9.17) is 14.6 Å². The summed E-state index contributed by atoms with van der Waals surface area (Å²) in [5.41, 5.74) is 0.340. The van der Waals surface area contributed by atoms with Crippen LogP contribution in [0.3, 0.4) is 0 Å². The molecule has 0 saturated carbocycles. The monoisotopic (exact) mass is 224 g/mol. The van der Waals surface area contributed by atoms with Crippen molar-refractivity contribution in [3.05, 3.63) is 35.9 Å². The van der Waals surface area contributed by atoms with Gasteiger partial charge in [0.1, 0.15) is 0 Å². The summed E-state index contributed by atoms with van der Waals surface area (Å²) < 4.78 is 9.89. The number of ether oxygens (including phenoxy) is 2. The first-order valence-corrected chi connectivity index (χ1v) is 4.52. The van der Waals surface area contributed by atoms with E-state index in [0.717, 1.165) is 0 Å². The van der Waals surface area contributed by atoms with Crippen molar-refractivity contribution >= 4 is 11.8 Å². The second-order valence-electron chi connectivity index (χ2n) is 3.03. The lowest BCUT2D eigenvalue weighted by Crippen LogP contribution is -2.43. The minimum atomic E-state index is -1.88. The normalized spacial score (nSPS) is 11.1. The van der Waals surface area contributed by atoms with Gasteiger partial charge in [0.15, 0.2) is 0 Å². The number of hydrogen-bond donors (Lipinski definition) is 1. The van der Waals surface area contributed by atoms with Crippen LogP contribution >= 0.6 is 0 Å². The van der Waals surface area contributed by atoms with Gasteiger partial charge < -0.3 is 14.6 Å². The molecule has 16 heavy (non-hydrogen) atoms. The molecule has 0 saturated heterocycles. The molecule has 0 spiro atoms. The summed E-state index contributed by atoms with van der Waals surface area (Å²) in [6, 6.07) is 8.20. The van der Waals surface area contributed by atoms with Gasteiger partial charge in [-0.2, -0.15) is 0 Å². The van der Waals surface area contributed by atoms with Gasteiger partial charge in [0.25, 0.3) is 5.79 Å². The highest BCUT2D eigenvalue weighted by Crippen LogP contribution is 2.27. The van der Waals surface area contributed by atoms with Crippen LogP contribution in [0.2, 0.25) is 0 Å². The van der Waals surface area contributed by atoms with Crippen molar-refractivity contribution in [2.24, 2.45) is 0 Å². The second-order valence-corrected chi connectivity index (χ2v) is 3.03. The number of rotatable bonds is 5. The zero-order valence-corrected chi connectivity index (χ0v) is 8.97. The summed E-state index contributed by atoms with van der Waals surface area (Å²) in [4.78, 5) is 22.3. The molecule has 0 bridgehead atoms. The van der Waals surface area contributed by atoms with E-state index >= 15 is 0 Å². The Morgan fingerprint density at radius 3 is 2.00 bits per heavy atom. The molecular formula is C11H12O5. The van der Waals surface area contributed by atoms with Gasteiger partial charge in [0, 0.05) is 19.8 Å². The number of carbonyl (C=O) groups is 2. The van der Waals surface area contributed by atoms with E-state index in [1.807, 2.05) is 0 Å². The fourth-order valence-corrected chi connectivity index (χ4v) is 1.43. The predicted molar refractivity (Wildman–Crippen MR) is 54.8 cm³/mol. The molecule has 1 rings (SSSR count). The number of hydrogen-bond acceptors (Lipinski definition) is 4. The minimum Gasteiger partial charge on any atom is -0.475 e. The summed E-state index contributed by atoms with van der Waals surface area (Å²) in [5, 5.41) is 8.73. The molecular weight excluding hydrogens is 212 g/mol. The molecule has 0 radical (unpaired) electrons. The van der Waals surface area contributed by atoms with Crippen LogP contribution in [0.15, 0.2) is 30.3 Å². The lowest BCUT2D eigenvalue weighted by Gasteiger charge is -2.27. The maximum atomic E-state index is 11.6. The third-order valence-electron chi connectivity index (χ3n) is 2.22. The molecule has 86 valence electrons. The van der Waals surface area contributed by atoms with Crippen molar-refractivity contribution < 1.29 is 24.2 Å². The summed E-state index contributed by atoms with van der Waals surface area (Å²) in [7, 11) is 2.44. The smallest absolute Gasteiger partial charge is 0.378 e. The SMILES string of the molecule is COC(OC)(C(=O)C(=O)O)c1ccccc1. The van der Waals surface area contributed by atoms with Crippen LogP contribution in [-0.4, -0.2) is 31.1 Å². The van der Waals surface area contributed by atoms with Gasteiger partial charge in [0.2, 0.25) is 0 Å². The highest BCUT2D eigenvalue weighted by atomic mass is 16.7. The van der Waals surface area contributed by atoms with Crippen LogP contribution in [0, 0.1) is 0 Å². The Morgan fingerprint density at radius 2 is 1.62 bits per heavy atom. The standard InChI is InChI=1S/C11H12O5/c1-15-11(16-2,9(12)10(13)14)8-6-4-3-5-7-8/h3-7H,1-2H3,(H,13,14). The van der Waals surface area contributed by atoms with Crippen LogP contribution in [0.25, 0.3) is 0 Å². The number of Topliss-reactive ketones (excluding diaryl/α,β-unsaturated/α-hetero) is 1. The summed E-state index contributed by atoms with van der Waals surface area (Å²) in [6.45, 7) is 0. The average Bonchev–Trinajstić information content (AvgIpc) is 2.32. The van der Waals surface area contributed by atoms with Gasteiger partial charge in [-0.1, -0.05) is 30.3 Å². The number of ketones is 1. The van der Waals surface area contributed by atoms with E-state index in [0.29, 0.717) is 5.56 Å². The number of aliphatic carboxylic acids is 1. The highest BCUT2D eigenvalue weighted by Gasteiger charge is 2.45. The Labute approximate surface area is 92.6 Å². The summed E-state index contributed by atoms with van der Waals surface area (Å²) >= 11 is 0. The Balaban J connectivity index is 3.26. The highest BCUT2D eigenvalue weighted by molar-refractivity contribution is 6.35. The van der Waals surface area contributed by atoms with E-state index in [1.54, 1.807) is 30.3 Å². The van der Waals surface area contributed by atoms with Crippen molar-refractivity contribution in [1.82, 2.24) is 0 Å². The van der Waals surface area contributed by atoms with Crippen LogP contribution in [0.1, 0.15) is 5.56 Å². The molecule has 1 aromatic carbocycles. The zero-order valence-electron chi connectivity index (χ0n) is 8.97. The van der Waals surface area contributed by atoms with E-state index in [-0.39, 0.29) is 0 Å². The molecule has 0 aliphatic heterocycles. The van der Waals surface area contributed by atoms with E-state index < -0.39 is 17.5 Å². The van der Waals surface area contributed by atoms with Gasteiger partial charge >= 0.3 is 11.8 Å². The molecule has 0 unspecified atom stereocenters. The number of methoxy groups -OCH3 is 2. The van der Waals surface area contributed by atoms with Gasteiger partial charge in [-0.3, -0.25) is 4.79 Å². The maximum absolute atomic E-state index is 11.6. The Bertz CT molecular complexity index is 381. The Morgan fingerprint density at radius 1 is 1.12 bits per heavy atom. The topological polar surface area (TPSA) is 72.8 Å². The fraction of sp³-hybridized carbons (Fsp3) is 0.273. The molecule has 5 heteroatoms. The fourth-order valence-electron chi connectivity index (χ4n) is 1.43. The van der Waals surface area contributed by atoms with Crippen molar-refractivity contribution in [2.45, 2.75) is 5.79 Å². The van der Waals surface area contributed by atoms with Crippen LogP contribution in [-0.2, 0) is 24.8 Å². The van der Waals surface area contributed by atoms with Crippen LogP contribution < -0.4 is 0 Å². The van der Waals surface area contributed by atoms with Crippen molar-refractivity contribution in [3.63, 3.8) is 0 Å². The molecule has 1 aromatic rings. The van der Waals surface area contributed by atoms with Crippen LogP contribution in [0.5, 0.6) is 0 Å². The van der Waals surface area contributed by atoms with E-state index in [1.165, 1.54) is 14.2 Å². The maximum Gasteiger partial charge on any atom is 0.378 e. The third-order valence-corrected chi connectivity index (χ3v) is 2.22. The minimum absolute atomic E-state index is 0.340. The Hall–Kier alpha value is -1.72. The molecule has 0 atom stereocenters. The second kappa shape index (κ2) is 4.87. The lowest BCUT2D eigenvalue weighted by atomic mass is 10.0. The largest absolute Gasteiger partial charge is 0.475 e. The first-order valence-electron chi connectivity index (χ1n) is 4.52. The first kappa shape index (κ1) is 12.4. The third kappa shape index (κ3) is 1.95.